The van der Waals surface area contributed by atoms with Crippen LogP contribution in [0.15, 0.2) is 59.9 Å². The van der Waals surface area contributed by atoms with Crippen LogP contribution in [0.1, 0.15) is 76.7 Å². The Balaban J connectivity index is 1.59. The predicted octanol–water partition coefficient (Wildman–Crippen LogP) is 7.36. The maximum absolute atomic E-state index is 10.1. The quantitative estimate of drug-likeness (QED) is 0.532. The molecule has 0 N–H and O–H groups in total. The highest BCUT2D eigenvalue weighted by Crippen LogP contribution is 2.58. The van der Waals surface area contributed by atoms with Crippen molar-refractivity contribution in [1.29, 1.82) is 0 Å². The fraction of sp³-hybridized carbons (Fsp3) is 0.500. The van der Waals surface area contributed by atoms with Crippen LogP contribution in [-0.4, -0.2) is 6.17 Å². The Hall–Kier alpha value is -2.22. The van der Waals surface area contributed by atoms with Crippen molar-refractivity contribution >= 4 is 11.4 Å². The SMILES string of the molecule is [2H]C1(C2CCCC2)C2=C(C)N(c3ccccc3C)C(C3CCCC3)N2c2ccccc21. The molecule has 2 nitrogen and oxygen atoms in total. The third kappa shape index (κ3) is 2.62. The van der Waals surface area contributed by atoms with Gasteiger partial charge in [-0.05, 0) is 74.6 Å². The summed E-state index contributed by atoms with van der Waals surface area (Å²) in [5, 5.41) is 0. The van der Waals surface area contributed by atoms with E-state index >= 15 is 0 Å². The molecule has 2 aliphatic heterocycles. The Morgan fingerprint density at radius 3 is 2.03 bits per heavy atom. The van der Waals surface area contributed by atoms with Gasteiger partial charge in [-0.15, -0.1) is 0 Å². The summed E-state index contributed by atoms with van der Waals surface area (Å²) in [6.45, 7) is 4.54. The molecule has 2 unspecified atom stereocenters. The molecule has 0 saturated heterocycles. The number of para-hydroxylation sites is 2. The van der Waals surface area contributed by atoms with E-state index < -0.39 is 5.89 Å². The number of allylic oxidation sites excluding steroid dienone is 2. The Kier molecular flexibility index (Phi) is 4.18. The first kappa shape index (κ1) is 17.5. The van der Waals surface area contributed by atoms with E-state index in [9.17, 15) is 1.37 Å². The molecule has 2 heterocycles. The summed E-state index contributed by atoms with van der Waals surface area (Å²) in [6, 6.07) is 17.7. The van der Waals surface area contributed by atoms with Crippen LogP contribution in [0.3, 0.4) is 0 Å². The van der Waals surface area contributed by atoms with Crippen LogP contribution < -0.4 is 9.80 Å². The van der Waals surface area contributed by atoms with Crippen LogP contribution in [0.2, 0.25) is 0 Å². The number of anilines is 2. The second kappa shape index (κ2) is 7.18. The second-order valence-electron chi connectivity index (χ2n) is 9.83. The summed E-state index contributed by atoms with van der Waals surface area (Å²) in [6.07, 6.45) is 10.5. The van der Waals surface area contributed by atoms with E-state index in [-0.39, 0.29) is 0 Å². The zero-order valence-electron chi connectivity index (χ0n) is 19.4. The monoisotopic (exact) mass is 399 g/mol. The van der Waals surface area contributed by atoms with Gasteiger partial charge in [0.1, 0.15) is 6.17 Å². The van der Waals surface area contributed by atoms with Crippen LogP contribution in [0, 0.1) is 18.8 Å². The summed E-state index contributed by atoms with van der Waals surface area (Å²) in [5.41, 5.74) is 7.79. The molecule has 2 atom stereocenters. The van der Waals surface area contributed by atoms with E-state index in [0.29, 0.717) is 18.0 Å². The van der Waals surface area contributed by atoms with Crippen LogP contribution >= 0.6 is 0 Å². The highest BCUT2D eigenvalue weighted by atomic mass is 15.4. The second-order valence-corrected chi connectivity index (χ2v) is 9.83. The summed E-state index contributed by atoms with van der Waals surface area (Å²) in [5.74, 6) is 0.446. The molecule has 2 aromatic carbocycles. The van der Waals surface area contributed by atoms with Gasteiger partial charge >= 0.3 is 0 Å². The van der Waals surface area contributed by atoms with Crippen LogP contribution in [0.5, 0.6) is 0 Å². The van der Waals surface area contributed by atoms with Crippen molar-refractivity contribution in [2.75, 3.05) is 9.80 Å². The Labute approximate surface area is 183 Å². The molecule has 2 aliphatic carbocycles. The third-order valence-electron chi connectivity index (χ3n) is 8.14. The fourth-order valence-corrected chi connectivity index (χ4v) is 6.82. The number of benzene rings is 2. The van der Waals surface area contributed by atoms with Gasteiger partial charge in [-0.25, -0.2) is 0 Å². The number of hydrogen-bond donors (Lipinski definition) is 0. The molecular weight excluding hydrogens is 364 g/mol. The van der Waals surface area contributed by atoms with Crippen molar-refractivity contribution < 1.29 is 1.37 Å². The molecule has 2 saturated carbocycles. The molecule has 2 aromatic rings. The van der Waals surface area contributed by atoms with Gasteiger partial charge in [-0.1, -0.05) is 62.1 Å². The van der Waals surface area contributed by atoms with Gasteiger partial charge in [-0.2, -0.15) is 0 Å². The maximum atomic E-state index is 10.1. The van der Waals surface area contributed by atoms with E-state index in [4.69, 9.17) is 0 Å². The molecule has 6 rings (SSSR count). The lowest BCUT2D eigenvalue weighted by Gasteiger charge is -2.38. The maximum Gasteiger partial charge on any atom is 0.113 e. The zero-order valence-corrected chi connectivity index (χ0v) is 18.4. The van der Waals surface area contributed by atoms with Crippen molar-refractivity contribution in [3.05, 3.63) is 71.1 Å². The van der Waals surface area contributed by atoms with Gasteiger partial charge < -0.3 is 9.80 Å². The van der Waals surface area contributed by atoms with Crippen molar-refractivity contribution in [2.24, 2.45) is 11.8 Å². The molecule has 0 bridgehead atoms. The first-order valence-electron chi connectivity index (χ1n) is 12.6. The van der Waals surface area contributed by atoms with Crippen molar-refractivity contribution in [3.8, 4) is 0 Å². The Morgan fingerprint density at radius 2 is 1.33 bits per heavy atom. The molecule has 0 spiro atoms. The van der Waals surface area contributed by atoms with E-state index in [2.05, 4.69) is 72.2 Å². The van der Waals surface area contributed by atoms with Crippen molar-refractivity contribution in [3.63, 3.8) is 0 Å². The predicted molar refractivity (Wildman–Crippen MR) is 126 cm³/mol. The normalized spacial score (nSPS) is 29.7. The largest absolute Gasteiger partial charge is 0.322 e. The minimum absolute atomic E-state index is 0.299. The number of fused-ring (bicyclic) bond motifs is 3. The molecule has 0 radical (unpaired) electrons. The van der Waals surface area contributed by atoms with Crippen LogP contribution in [-0.2, 0) is 0 Å². The number of rotatable bonds is 3. The fourth-order valence-electron chi connectivity index (χ4n) is 6.82. The smallest absolute Gasteiger partial charge is 0.113 e. The molecule has 0 aromatic heterocycles. The van der Waals surface area contributed by atoms with Crippen molar-refractivity contribution in [1.82, 2.24) is 0 Å². The first-order valence-corrected chi connectivity index (χ1v) is 12.1. The highest BCUT2D eigenvalue weighted by molar-refractivity contribution is 5.77. The molecule has 30 heavy (non-hydrogen) atoms. The van der Waals surface area contributed by atoms with Gasteiger partial charge in [0, 0.05) is 30.0 Å². The third-order valence-corrected chi connectivity index (χ3v) is 8.14. The van der Waals surface area contributed by atoms with Gasteiger partial charge in [0.15, 0.2) is 0 Å². The zero-order chi connectivity index (χ0) is 21.2. The standard InChI is InChI=1S/C28H34N2/c1-19-11-3-9-17-24(19)29-20(2)27-26(21-12-4-5-13-21)23-16-8-10-18-25(23)30(27)28(29)22-14-6-7-15-22/h3,8-11,16-18,21-22,26,28H,4-7,12-15H2,1-2H3/i26D. The lowest BCUT2D eigenvalue weighted by atomic mass is 9.84. The number of aryl methyl sites for hydroxylation is 1. The minimum atomic E-state index is -0.620. The summed E-state index contributed by atoms with van der Waals surface area (Å²) < 4.78 is 10.1. The van der Waals surface area contributed by atoms with Gasteiger partial charge in [0.2, 0.25) is 0 Å². The molecule has 2 heteroatoms. The van der Waals surface area contributed by atoms with E-state index in [1.54, 1.807) is 0 Å². The van der Waals surface area contributed by atoms with Crippen LogP contribution in [0.4, 0.5) is 11.4 Å². The van der Waals surface area contributed by atoms with E-state index in [1.165, 1.54) is 85.3 Å². The lowest BCUT2D eigenvalue weighted by Crippen LogP contribution is -2.45. The lowest BCUT2D eigenvalue weighted by molar-refractivity contribution is 0.427. The summed E-state index contributed by atoms with van der Waals surface area (Å²) in [7, 11) is 0. The number of nitrogens with zero attached hydrogens (tertiary/aromatic N) is 2. The molecule has 2 fully saturated rings. The molecular formula is C28H34N2. The summed E-state index contributed by atoms with van der Waals surface area (Å²) >= 11 is 0. The van der Waals surface area contributed by atoms with E-state index in [1.807, 2.05) is 0 Å². The van der Waals surface area contributed by atoms with Gasteiger partial charge in [0.25, 0.3) is 0 Å². The van der Waals surface area contributed by atoms with Gasteiger partial charge in [-0.3, -0.25) is 0 Å². The van der Waals surface area contributed by atoms with Crippen molar-refractivity contribution in [2.45, 2.75) is 77.3 Å². The first-order chi connectivity index (χ1) is 15.1. The molecule has 4 aliphatic rings. The Morgan fingerprint density at radius 1 is 0.733 bits per heavy atom. The average molecular weight is 400 g/mol. The van der Waals surface area contributed by atoms with Crippen LogP contribution in [0.25, 0.3) is 0 Å². The summed E-state index contributed by atoms with van der Waals surface area (Å²) in [4.78, 5) is 5.24. The highest BCUT2D eigenvalue weighted by Gasteiger charge is 2.51. The number of hydrogen-bond acceptors (Lipinski definition) is 2. The average Bonchev–Trinajstić information content (AvgIpc) is 3.56. The molecule has 156 valence electrons. The minimum Gasteiger partial charge on any atom is -0.322 e. The molecule has 0 amide bonds. The Bertz CT molecular complexity index is 1030. The van der Waals surface area contributed by atoms with E-state index in [0.717, 1.165) is 0 Å². The topological polar surface area (TPSA) is 6.48 Å². The van der Waals surface area contributed by atoms with Gasteiger partial charge in [0.05, 0.1) is 0 Å².